The molecule has 1 fully saturated rings. The van der Waals surface area contributed by atoms with E-state index in [1.165, 1.54) is 6.07 Å². The average molecular weight is 238 g/mol. The number of benzene rings is 1. The average Bonchev–Trinajstić information content (AvgIpc) is 2.29. The third-order valence-corrected chi connectivity index (χ3v) is 3.05. The summed E-state index contributed by atoms with van der Waals surface area (Å²) in [4.78, 5) is 12.8. The van der Waals surface area contributed by atoms with E-state index >= 15 is 0 Å². The first-order valence-electron chi connectivity index (χ1n) is 5.67. The number of hydrogen-bond acceptors (Lipinski definition) is 3. The molecule has 5 heteroatoms. The molecule has 1 aliphatic rings. The molecule has 0 unspecified atom stereocenters. The summed E-state index contributed by atoms with van der Waals surface area (Å²) in [7, 11) is 0. The van der Waals surface area contributed by atoms with Crippen LogP contribution in [0.3, 0.4) is 0 Å². The Labute approximate surface area is 98.8 Å². The zero-order valence-electron chi connectivity index (χ0n) is 9.45. The van der Waals surface area contributed by atoms with Crippen molar-refractivity contribution in [3.8, 4) is 0 Å². The number of rotatable bonds is 2. The first-order chi connectivity index (χ1) is 8.09. The standard InChI is InChI=1S/C12H15FN2O2/c13-9-7-10(14)8(12(16)17)6-11(9)15-4-2-1-3-5-15/h6-7H,1-5,14H2,(H,16,17). The van der Waals surface area contributed by atoms with Crippen LogP contribution in [0.5, 0.6) is 0 Å². The van der Waals surface area contributed by atoms with Crippen molar-refractivity contribution in [2.75, 3.05) is 23.7 Å². The van der Waals surface area contributed by atoms with E-state index in [0.29, 0.717) is 5.69 Å². The Kier molecular flexibility index (Phi) is 3.17. The summed E-state index contributed by atoms with van der Waals surface area (Å²) < 4.78 is 13.8. The van der Waals surface area contributed by atoms with Crippen molar-refractivity contribution in [1.82, 2.24) is 0 Å². The molecule has 0 bridgehead atoms. The number of hydrogen-bond donors (Lipinski definition) is 2. The van der Waals surface area contributed by atoms with Crippen molar-refractivity contribution in [2.45, 2.75) is 19.3 Å². The number of nitrogens with two attached hydrogens (primary N) is 1. The Morgan fingerprint density at radius 3 is 2.53 bits per heavy atom. The molecule has 2 rings (SSSR count). The molecule has 1 aromatic carbocycles. The van der Waals surface area contributed by atoms with Gasteiger partial charge < -0.3 is 15.7 Å². The van der Waals surface area contributed by atoms with Crippen LogP contribution in [0.4, 0.5) is 15.8 Å². The Bertz CT molecular complexity index is 442. The highest BCUT2D eigenvalue weighted by Gasteiger charge is 2.19. The largest absolute Gasteiger partial charge is 0.478 e. The fraction of sp³-hybridized carbons (Fsp3) is 0.417. The number of aromatic carboxylic acids is 1. The van der Waals surface area contributed by atoms with E-state index in [1.807, 2.05) is 4.90 Å². The summed E-state index contributed by atoms with van der Waals surface area (Å²) in [6, 6.07) is 2.42. The minimum absolute atomic E-state index is 0.0317. The van der Waals surface area contributed by atoms with Gasteiger partial charge in [-0.15, -0.1) is 0 Å². The highest BCUT2D eigenvalue weighted by molar-refractivity contribution is 5.95. The van der Waals surface area contributed by atoms with Gasteiger partial charge in [-0.1, -0.05) is 0 Å². The van der Waals surface area contributed by atoms with Gasteiger partial charge in [0.2, 0.25) is 0 Å². The molecule has 0 spiro atoms. The van der Waals surface area contributed by atoms with Gasteiger partial charge in [-0.05, 0) is 31.4 Å². The van der Waals surface area contributed by atoms with Crippen molar-refractivity contribution >= 4 is 17.3 Å². The van der Waals surface area contributed by atoms with E-state index in [9.17, 15) is 9.18 Å². The number of carbonyl (C=O) groups is 1. The van der Waals surface area contributed by atoms with Gasteiger partial charge in [0.05, 0.1) is 11.3 Å². The topological polar surface area (TPSA) is 66.6 Å². The lowest BCUT2D eigenvalue weighted by atomic mass is 10.1. The number of halogens is 1. The van der Waals surface area contributed by atoms with E-state index in [2.05, 4.69) is 0 Å². The number of piperidine rings is 1. The molecule has 4 nitrogen and oxygen atoms in total. The van der Waals surface area contributed by atoms with Crippen LogP contribution in [0.2, 0.25) is 0 Å². The van der Waals surface area contributed by atoms with E-state index < -0.39 is 11.8 Å². The van der Waals surface area contributed by atoms with Crippen molar-refractivity contribution < 1.29 is 14.3 Å². The number of anilines is 2. The maximum absolute atomic E-state index is 13.8. The van der Waals surface area contributed by atoms with Gasteiger partial charge in [0, 0.05) is 18.8 Å². The molecular formula is C12H15FN2O2. The van der Waals surface area contributed by atoms with Crippen LogP contribution in [0.15, 0.2) is 12.1 Å². The fourth-order valence-electron chi connectivity index (χ4n) is 2.14. The smallest absolute Gasteiger partial charge is 0.337 e. The van der Waals surface area contributed by atoms with Crippen molar-refractivity contribution in [2.24, 2.45) is 0 Å². The van der Waals surface area contributed by atoms with Crippen molar-refractivity contribution in [3.63, 3.8) is 0 Å². The zero-order valence-corrected chi connectivity index (χ0v) is 9.45. The summed E-state index contributed by atoms with van der Waals surface area (Å²) >= 11 is 0. The van der Waals surface area contributed by atoms with E-state index in [1.54, 1.807) is 0 Å². The molecule has 0 aromatic heterocycles. The van der Waals surface area contributed by atoms with Crippen LogP contribution in [0.25, 0.3) is 0 Å². The van der Waals surface area contributed by atoms with E-state index in [0.717, 1.165) is 38.4 Å². The van der Waals surface area contributed by atoms with Crippen molar-refractivity contribution in [3.05, 3.63) is 23.5 Å². The molecule has 17 heavy (non-hydrogen) atoms. The lowest BCUT2D eigenvalue weighted by Crippen LogP contribution is -2.30. The molecule has 92 valence electrons. The van der Waals surface area contributed by atoms with Gasteiger partial charge in [-0.3, -0.25) is 0 Å². The maximum Gasteiger partial charge on any atom is 0.337 e. The van der Waals surface area contributed by atoms with E-state index in [-0.39, 0.29) is 11.3 Å². The summed E-state index contributed by atoms with van der Waals surface area (Å²) in [6.07, 6.45) is 3.15. The Balaban J connectivity index is 2.38. The Hall–Kier alpha value is -1.78. The molecule has 0 radical (unpaired) electrons. The summed E-state index contributed by atoms with van der Waals surface area (Å²) in [6.45, 7) is 1.53. The number of carboxylic acid groups (broad SMARTS) is 1. The molecule has 1 heterocycles. The summed E-state index contributed by atoms with van der Waals surface area (Å²) in [5, 5.41) is 8.96. The molecule has 0 amide bonds. The molecule has 1 aromatic rings. The van der Waals surface area contributed by atoms with Crippen LogP contribution < -0.4 is 10.6 Å². The van der Waals surface area contributed by atoms with Crippen molar-refractivity contribution in [1.29, 1.82) is 0 Å². The SMILES string of the molecule is Nc1cc(F)c(N2CCCCC2)cc1C(=O)O. The van der Waals surface area contributed by atoms with Gasteiger partial charge in [-0.25, -0.2) is 9.18 Å². The second kappa shape index (κ2) is 4.61. The summed E-state index contributed by atoms with van der Waals surface area (Å²) in [5.74, 6) is -1.57. The molecule has 1 aliphatic heterocycles. The number of carboxylic acids is 1. The quantitative estimate of drug-likeness (QED) is 0.774. The normalized spacial score (nSPS) is 15.9. The monoisotopic (exact) mass is 238 g/mol. The predicted octanol–water partition coefficient (Wildman–Crippen LogP) is 2.10. The lowest BCUT2D eigenvalue weighted by Gasteiger charge is -2.29. The van der Waals surface area contributed by atoms with Gasteiger partial charge >= 0.3 is 5.97 Å². The zero-order chi connectivity index (χ0) is 12.4. The van der Waals surface area contributed by atoms with Gasteiger partial charge in [0.25, 0.3) is 0 Å². The van der Waals surface area contributed by atoms with Gasteiger partial charge in [-0.2, -0.15) is 0 Å². The van der Waals surface area contributed by atoms with Crippen LogP contribution in [-0.4, -0.2) is 24.2 Å². The van der Waals surface area contributed by atoms with Gasteiger partial charge in [0.1, 0.15) is 5.82 Å². The molecule has 0 saturated carbocycles. The molecule has 0 atom stereocenters. The molecular weight excluding hydrogens is 223 g/mol. The second-order valence-corrected chi connectivity index (χ2v) is 4.24. The second-order valence-electron chi connectivity index (χ2n) is 4.24. The fourth-order valence-corrected chi connectivity index (χ4v) is 2.14. The van der Waals surface area contributed by atoms with Crippen LogP contribution in [0.1, 0.15) is 29.6 Å². The minimum Gasteiger partial charge on any atom is -0.478 e. The Morgan fingerprint density at radius 1 is 1.29 bits per heavy atom. The van der Waals surface area contributed by atoms with Crippen LogP contribution >= 0.6 is 0 Å². The van der Waals surface area contributed by atoms with E-state index in [4.69, 9.17) is 10.8 Å². The van der Waals surface area contributed by atoms with Crippen LogP contribution in [-0.2, 0) is 0 Å². The number of nitrogens with zero attached hydrogens (tertiary/aromatic N) is 1. The first kappa shape index (κ1) is 11.7. The maximum atomic E-state index is 13.8. The lowest BCUT2D eigenvalue weighted by molar-refractivity contribution is 0.0698. The third kappa shape index (κ3) is 2.33. The summed E-state index contributed by atoms with van der Waals surface area (Å²) in [5.41, 5.74) is 5.76. The highest BCUT2D eigenvalue weighted by Crippen LogP contribution is 2.27. The number of nitrogen functional groups attached to an aromatic ring is 1. The third-order valence-electron chi connectivity index (χ3n) is 3.05. The highest BCUT2D eigenvalue weighted by atomic mass is 19.1. The molecule has 1 saturated heterocycles. The van der Waals surface area contributed by atoms with Crippen LogP contribution in [0, 0.1) is 5.82 Å². The minimum atomic E-state index is -1.12. The molecule has 3 N–H and O–H groups in total. The predicted molar refractivity (Wildman–Crippen MR) is 63.8 cm³/mol. The molecule has 0 aliphatic carbocycles. The Morgan fingerprint density at radius 2 is 1.94 bits per heavy atom. The van der Waals surface area contributed by atoms with Gasteiger partial charge in [0.15, 0.2) is 0 Å². The first-order valence-corrected chi connectivity index (χ1v) is 5.67.